The number of carbonyl (C=O) groups excluding carboxylic acids is 1. The number of amides is 1. The molecule has 1 amide bonds. The van der Waals surface area contributed by atoms with E-state index in [0.717, 1.165) is 43.9 Å². The maximum Gasteiger partial charge on any atom is 0.416 e. The summed E-state index contributed by atoms with van der Waals surface area (Å²) in [7, 11) is -2.60. The van der Waals surface area contributed by atoms with Gasteiger partial charge in [0.2, 0.25) is 15.9 Å². The first-order chi connectivity index (χ1) is 12.1. The molecule has 1 aliphatic carbocycles. The molecular formula is C17H23F3N2O3S. The summed E-state index contributed by atoms with van der Waals surface area (Å²) in [6.07, 6.45) is 0.928. The third-order valence-corrected chi connectivity index (χ3v) is 5.97. The lowest BCUT2D eigenvalue weighted by Gasteiger charge is -2.27. The lowest BCUT2D eigenvalue weighted by molar-refractivity contribution is -0.137. The maximum absolute atomic E-state index is 12.7. The van der Waals surface area contributed by atoms with E-state index in [1.807, 2.05) is 0 Å². The molecule has 0 heterocycles. The minimum Gasteiger partial charge on any atom is -0.344 e. The Morgan fingerprint density at radius 1 is 1.23 bits per heavy atom. The predicted molar refractivity (Wildman–Crippen MR) is 90.8 cm³/mol. The monoisotopic (exact) mass is 392 g/mol. The quantitative estimate of drug-likeness (QED) is 0.809. The third-order valence-electron chi connectivity index (χ3n) is 4.57. The highest BCUT2D eigenvalue weighted by atomic mass is 32.2. The van der Waals surface area contributed by atoms with Crippen LogP contribution < -0.4 is 4.72 Å². The number of nitrogens with one attached hydrogen (secondary N) is 1. The third kappa shape index (κ3) is 5.70. The number of sulfonamides is 1. The summed E-state index contributed by atoms with van der Waals surface area (Å²) in [6, 6.07) is 3.43. The lowest BCUT2D eigenvalue weighted by Crippen LogP contribution is -2.40. The molecule has 0 bridgehead atoms. The highest BCUT2D eigenvalue weighted by Crippen LogP contribution is 2.30. The van der Waals surface area contributed by atoms with Crippen LogP contribution in [-0.4, -0.2) is 39.4 Å². The van der Waals surface area contributed by atoms with Gasteiger partial charge in [0, 0.05) is 13.6 Å². The summed E-state index contributed by atoms with van der Waals surface area (Å²) in [5.74, 6) is 0.00361. The van der Waals surface area contributed by atoms with Gasteiger partial charge in [0.05, 0.1) is 17.0 Å². The highest BCUT2D eigenvalue weighted by Gasteiger charge is 2.31. The van der Waals surface area contributed by atoms with Crippen LogP contribution in [0.25, 0.3) is 0 Å². The van der Waals surface area contributed by atoms with Gasteiger partial charge in [0.1, 0.15) is 0 Å². The molecule has 1 aromatic carbocycles. The van der Waals surface area contributed by atoms with Gasteiger partial charge in [-0.05, 0) is 37.0 Å². The molecule has 1 aliphatic rings. The van der Waals surface area contributed by atoms with E-state index in [-0.39, 0.29) is 0 Å². The van der Waals surface area contributed by atoms with Gasteiger partial charge in [0.25, 0.3) is 0 Å². The summed E-state index contributed by atoms with van der Waals surface area (Å²) in [5, 5.41) is 0. The molecule has 0 saturated heterocycles. The standard InChI is InChI=1S/C17H23F3N2O3S/c1-22(12-13-6-3-2-4-7-13)16(23)11-21-26(24,25)15-9-5-8-14(10-15)17(18,19)20/h5,8-10,13,21H,2-4,6-7,11-12H2,1H3. The van der Waals surface area contributed by atoms with Gasteiger partial charge >= 0.3 is 6.18 Å². The second kappa shape index (κ2) is 8.39. The number of likely N-dealkylation sites (N-methyl/N-ethyl adjacent to an activating group) is 1. The van der Waals surface area contributed by atoms with Gasteiger partial charge in [-0.3, -0.25) is 4.79 Å². The molecule has 9 heteroatoms. The topological polar surface area (TPSA) is 66.5 Å². The fraction of sp³-hybridized carbons (Fsp3) is 0.588. The van der Waals surface area contributed by atoms with Crippen molar-refractivity contribution in [3.63, 3.8) is 0 Å². The van der Waals surface area contributed by atoms with E-state index in [1.165, 1.54) is 11.3 Å². The second-order valence-corrected chi connectivity index (χ2v) is 8.40. The normalized spacial score (nSPS) is 16.5. The maximum atomic E-state index is 12.7. The van der Waals surface area contributed by atoms with Crippen molar-refractivity contribution in [3.05, 3.63) is 29.8 Å². The molecule has 5 nitrogen and oxygen atoms in total. The van der Waals surface area contributed by atoms with E-state index in [9.17, 15) is 26.4 Å². The molecule has 1 saturated carbocycles. The zero-order valence-corrected chi connectivity index (χ0v) is 15.4. The summed E-state index contributed by atoms with van der Waals surface area (Å²) in [5.41, 5.74) is -1.05. The van der Waals surface area contributed by atoms with Gasteiger partial charge in [-0.1, -0.05) is 25.3 Å². The molecule has 0 atom stereocenters. The van der Waals surface area contributed by atoms with Crippen LogP contribution in [-0.2, 0) is 21.0 Å². The Morgan fingerprint density at radius 2 is 1.88 bits per heavy atom. The van der Waals surface area contributed by atoms with E-state index in [1.54, 1.807) is 7.05 Å². The van der Waals surface area contributed by atoms with E-state index in [2.05, 4.69) is 4.72 Å². The summed E-state index contributed by atoms with van der Waals surface area (Å²) >= 11 is 0. The Morgan fingerprint density at radius 3 is 2.50 bits per heavy atom. The molecule has 2 rings (SSSR count). The van der Waals surface area contributed by atoms with E-state index in [4.69, 9.17) is 0 Å². The van der Waals surface area contributed by atoms with Crippen molar-refractivity contribution in [3.8, 4) is 0 Å². The number of nitrogens with zero attached hydrogens (tertiary/aromatic N) is 1. The first kappa shape index (κ1) is 20.7. The number of rotatable bonds is 6. The number of halogens is 3. The Hall–Kier alpha value is -1.61. The van der Waals surface area contributed by atoms with Crippen LogP contribution in [0.2, 0.25) is 0 Å². The van der Waals surface area contributed by atoms with Crippen molar-refractivity contribution >= 4 is 15.9 Å². The molecule has 1 fully saturated rings. The molecule has 26 heavy (non-hydrogen) atoms. The predicted octanol–water partition coefficient (Wildman–Crippen LogP) is 3.02. The largest absolute Gasteiger partial charge is 0.416 e. The van der Waals surface area contributed by atoms with Crippen molar-refractivity contribution < 1.29 is 26.4 Å². The van der Waals surface area contributed by atoms with Gasteiger partial charge < -0.3 is 4.90 Å². The zero-order chi connectivity index (χ0) is 19.4. The average Bonchev–Trinajstić information content (AvgIpc) is 2.60. The van der Waals surface area contributed by atoms with Crippen molar-refractivity contribution in [1.82, 2.24) is 9.62 Å². The molecule has 1 N–H and O–H groups in total. The van der Waals surface area contributed by atoms with Crippen LogP contribution >= 0.6 is 0 Å². The summed E-state index contributed by atoms with van der Waals surface area (Å²) in [4.78, 5) is 13.1. The van der Waals surface area contributed by atoms with Gasteiger partial charge in [0.15, 0.2) is 0 Å². The average molecular weight is 392 g/mol. The molecule has 0 unspecified atom stereocenters. The minimum absolute atomic E-state index is 0.411. The first-order valence-corrected chi connectivity index (χ1v) is 9.99. The Labute approximate surface area is 151 Å². The van der Waals surface area contributed by atoms with Gasteiger partial charge in [-0.25, -0.2) is 13.1 Å². The number of benzene rings is 1. The molecule has 0 aromatic heterocycles. The van der Waals surface area contributed by atoms with Crippen molar-refractivity contribution in [2.75, 3.05) is 20.1 Å². The minimum atomic E-state index is -4.64. The summed E-state index contributed by atoms with van der Waals surface area (Å²) in [6.45, 7) is 0.0753. The van der Waals surface area contributed by atoms with Crippen LogP contribution in [0, 0.1) is 5.92 Å². The Kier molecular flexibility index (Phi) is 6.68. The highest BCUT2D eigenvalue weighted by molar-refractivity contribution is 7.89. The molecular weight excluding hydrogens is 369 g/mol. The Bertz CT molecular complexity index is 729. The molecule has 0 spiro atoms. The fourth-order valence-corrected chi connectivity index (χ4v) is 4.09. The van der Waals surface area contributed by atoms with Crippen LogP contribution in [0.3, 0.4) is 0 Å². The number of hydrogen-bond donors (Lipinski definition) is 1. The van der Waals surface area contributed by atoms with Gasteiger partial charge in [-0.15, -0.1) is 0 Å². The number of alkyl halides is 3. The lowest BCUT2D eigenvalue weighted by atomic mass is 9.89. The van der Waals surface area contributed by atoms with Crippen molar-refractivity contribution in [2.24, 2.45) is 5.92 Å². The van der Waals surface area contributed by atoms with E-state index < -0.39 is 39.1 Å². The van der Waals surface area contributed by atoms with Crippen LogP contribution in [0.1, 0.15) is 37.7 Å². The number of carbonyl (C=O) groups is 1. The molecule has 146 valence electrons. The van der Waals surface area contributed by atoms with Crippen LogP contribution in [0.15, 0.2) is 29.2 Å². The zero-order valence-electron chi connectivity index (χ0n) is 14.6. The van der Waals surface area contributed by atoms with Crippen LogP contribution in [0.5, 0.6) is 0 Å². The first-order valence-electron chi connectivity index (χ1n) is 8.50. The molecule has 0 aliphatic heterocycles. The van der Waals surface area contributed by atoms with Gasteiger partial charge in [-0.2, -0.15) is 13.2 Å². The van der Waals surface area contributed by atoms with Crippen LogP contribution in [0.4, 0.5) is 13.2 Å². The fourth-order valence-electron chi connectivity index (χ4n) is 3.07. The number of hydrogen-bond acceptors (Lipinski definition) is 3. The van der Waals surface area contributed by atoms with Crippen molar-refractivity contribution in [2.45, 2.75) is 43.2 Å². The smallest absolute Gasteiger partial charge is 0.344 e. The molecule has 1 aromatic rings. The Balaban J connectivity index is 1.95. The van der Waals surface area contributed by atoms with Crippen molar-refractivity contribution in [1.29, 1.82) is 0 Å². The van der Waals surface area contributed by atoms with E-state index >= 15 is 0 Å². The molecule has 0 radical (unpaired) electrons. The summed E-state index contributed by atoms with van der Waals surface area (Å²) < 4.78 is 64.6. The SMILES string of the molecule is CN(CC1CCCCC1)C(=O)CNS(=O)(=O)c1cccc(C(F)(F)F)c1. The second-order valence-electron chi connectivity index (χ2n) is 6.63. The van der Waals surface area contributed by atoms with E-state index in [0.29, 0.717) is 18.5 Å².